The fraction of sp³-hybridized carbons (Fsp3) is 0.938. The third kappa shape index (κ3) is 3.53. The van der Waals surface area contributed by atoms with Crippen LogP contribution in [0.4, 0.5) is 0 Å². The van der Waals surface area contributed by atoms with Crippen molar-refractivity contribution in [3.63, 3.8) is 0 Å². The Bertz CT molecular complexity index is 316. The van der Waals surface area contributed by atoms with Gasteiger partial charge in [-0.1, -0.05) is 0 Å². The molecule has 2 aliphatic rings. The fourth-order valence-corrected chi connectivity index (χ4v) is 3.97. The molecule has 4 nitrogen and oxygen atoms in total. The predicted molar refractivity (Wildman–Crippen MR) is 82.7 cm³/mol. The van der Waals surface area contributed by atoms with Crippen molar-refractivity contribution < 1.29 is 4.79 Å². The van der Waals surface area contributed by atoms with Crippen molar-refractivity contribution in [2.75, 3.05) is 19.6 Å². The molecule has 1 N–H and O–H groups in total. The average molecular weight is 281 g/mol. The molecule has 1 amide bonds. The highest BCUT2D eigenvalue weighted by atomic mass is 16.2. The Kier molecular flexibility index (Phi) is 5.44. The number of likely N-dealkylation sites (tertiary alicyclic amines) is 1. The van der Waals surface area contributed by atoms with Crippen molar-refractivity contribution >= 4 is 5.91 Å². The molecule has 20 heavy (non-hydrogen) atoms. The van der Waals surface area contributed by atoms with Crippen LogP contribution in [-0.2, 0) is 4.79 Å². The highest BCUT2D eigenvalue weighted by molar-refractivity contribution is 5.79. The van der Waals surface area contributed by atoms with Crippen molar-refractivity contribution in [1.29, 1.82) is 0 Å². The first-order valence-corrected chi connectivity index (χ1v) is 8.29. The number of amides is 1. The maximum absolute atomic E-state index is 12.6. The second-order valence-electron chi connectivity index (χ2n) is 6.87. The molecule has 2 unspecified atom stereocenters. The highest BCUT2D eigenvalue weighted by Crippen LogP contribution is 2.25. The Labute approximate surface area is 123 Å². The minimum absolute atomic E-state index is 0.285. The first kappa shape index (κ1) is 15.8. The lowest BCUT2D eigenvalue weighted by Crippen LogP contribution is -2.51. The quantitative estimate of drug-likeness (QED) is 0.835. The topological polar surface area (TPSA) is 35.6 Å². The Balaban J connectivity index is 1.95. The molecule has 4 heteroatoms. The maximum Gasteiger partial charge on any atom is 0.237 e. The van der Waals surface area contributed by atoms with Gasteiger partial charge in [0.2, 0.25) is 5.91 Å². The van der Waals surface area contributed by atoms with Crippen LogP contribution < -0.4 is 5.32 Å². The van der Waals surface area contributed by atoms with Gasteiger partial charge in [0.15, 0.2) is 0 Å². The summed E-state index contributed by atoms with van der Waals surface area (Å²) >= 11 is 0. The van der Waals surface area contributed by atoms with Crippen molar-refractivity contribution in [2.24, 2.45) is 0 Å². The number of nitrogens with zero attached hydrogens (tertiary/aromatic N) is 2. The molecule has 116 valence electrons. The van der Waals surface area contributed by atoms with Crippen LogP contribution in [-0.4, -0.2) is 59.5 Å². The standard InChI is InChI=1S/C16H31N3O/c1-12(2)19(13(3)4)16(20)11-18-10-6-8-15(18)14-7-5-9-17-14/h12-15,17H,5-11H2,1-4H3. The Morgan fingerprint density at radius 3 is 2.45 bits per heavy atom. The second-order valence-corrected chi connectivity index (χ2v) is 6.87. The van der Waals surface area contributed by atoms with Crippen LogP contribution in [0.5, 0.6) is 0 Å². The summed E-state index contributed by atoms with van der Waals surface area (Å²) < 4.78 is 0. The molecule has 0 aliphatic carbocycles. The van der Waals surface area contributed by atoms with E-state index in [9.17, 15) is 4.79 Å². The van der Waals surface area contributed by atoms with Gasteiger partial charge in [0.05, 0.1) is 6.54 Å². The van der Waals surface area contributed by atoms with Gasteiger partial charge in [-0.15, -0.1) is 0 Å². The van der Waals surface area contributed by atoms with Gasteiger partial charge in [-0.05, 0) is 66.5 Å². The van der Waals surface area contributed by atoms with E-state index in [2.05, 4.69) is 37.9 Å². The van der Waals surface area contributed by atoms with Gasteiger partial charge in [-0.2, -0.15) is 0 Å². The van der Waals surface area contributed by atoms with Gasteiger partial charge in [0, 0.05) is 24.2 Å². The molecule has 0 saturated carbocycles. The van der Waals surface area contributed by atoms with E-state index >= 15 is 0 Å². The minimum Gasteiger partial charge on any atom is -0.337 e. The molecule has 0 aromatic heterocycles. The Morgan fingerprint density at radius 1 is 1.20 bits per heavy atom. The van der Waals surface area contributed by atoms with Gasteiger partial charge in [-0.25, -0.2) is 0 Å². The highest BCUT2D eigenvalue weighted by Gasteiger charge is 2.35. The number of carbonyl (C=O) groups excluding carboxylic acids is 1. The van der Waals surface area contributed by atoms with E-state index in [1.54, 1.807) is 0 Å². The molecular weight excluding hydrogens is 250 g/mol. The van der Waals surface area contributed by atoms with Crippen LogP contribution in [0.3, 0.4) is 0 Å². The summed E-state index contributed by atoms with van der Waals surface area (Å²) in [4.78, 5) is 17.1. The lowest BCUT2D eigenvalue weighted by atomic mass is 10.0. The predicted octanol–water partition coefficient (Wildman–Crippen LogP) is 1.85. The van der Waals surface area contributed by atoms with E-state index in [0.29, 0.717) is 24.5 Å². The maximum atomic E-state index is 12.6. The molecule has 0 spiro atoms. The van der Waals surface area contributed by atoms with Crippen molar-refractivity contribution in [3.05, 3.63) is 0 Å². The third-order valence-corrected chi connectivity index (χ3v) is 4.72. The molecule has 2 fully saturated rings. The number of nitrogens with one attached hydrogen (secondary N) is 1. The summed E-state index contributed by atoms with van der Waals surface area (Å²) in [7, 11) is 0. The zero-order valence-electron chi connectivity index (χ0n) is 13.6. The second kappa shape index (κ2) is 6.90. The molecular formula is C16H31N3O. The van der Waals surface area contributed by atoms with Crippen molar-refractivity contribution in [3.8, 4) is 0 Å². The number of carbonyl (C=O) groups is 1. The summed E-state index contributed by atoms with van der Waals surface area (Å²) in [6.07, 6.45) is 5.04. The molecule has 2 aliphatic heterocycles. The van der Waals surface area contributed by atoms with Gasteiger partial charge in [0.25, 0.3) is 0 Å². The molecule has 2 heterocycles. The monoisotopic (exact) mass is 281 g/mol. The van der Waals surface area contributed by atoms with E-state index < -0.39 is 0 Å². The summed E-state index contributed by atoms with van der Waals surface area (Å²) in [5.74, 6) is 0.292. The van der Waals surface area contributed by atoms with Crippen LogP contribution in [0.1, 0.15) is 53.4 Å². The minimum atomic E-state index is 0.285. The Hall–Kier alpha value is -0.610. The van der Waals surface area contributed by atoms with E-state index in [1.807, 2.05) is 4.90 Å². The summed E-state index contributed by atoms with van der Waals surface area (Å²) in [6.45, 7) is 11.3. The summed E-state index contributed by atoms with van der Waals surface area (Å²) in [5.41, 5.74) is 0. The van der Waals surface area contributed by atoms with Crippen molar-refractivity contribution in [1.82, 2.24) is 15.1 Å². The number of hydrogen-bond donors (Lipinski definition) is 1. The summed E-state index contributed by atoms with van der Waals surface area (Å²) in [6, 6.07) is 1.75. The van der Waals surface area contributed by atoms with E-state index in [-0.39, 0.29) is 12.1 Å². The zero-order valence-corrected chi connectivity index (χ0v) is 13.6. The first-order chi connectivity index (χ1) is 9.50. The molecule has 2 rings (SSSR count). The molecule has 2 atom stereocenters. The van der Waals surface area contributed by atoms with E-state index in [1.165, 1.54) is 25.7 Å². The average Bonchev–Trinajstić information content (AvgIpc) is 2.96. The number of hydrogen-bond acceptors (Lipinski definition) is 3. The van der Waals surface area contributed by atoms with Gasteiger partial charge >= 0.3 is 0 Å². The van der Waals surface area contributed by atoms with Crippen LogP contribution in [0.25, 0.3) is 0 Å². The first-order valence-electron chi connectivity index (χ1n) is 8.29. The Morgan fingerprint density at radius 2 is 1.90 bits per heavy atom. The largest absolute Gasteiger partial charge is 0.337 e. The molecule has 0 aromatic carbocycles. The number of rotatable bonds is 5. The third-order valence-electron chi connectivity index (χ3n) is 4.72. The van der Waals surface area contributed by atoms with Crippen LogP contribution >= 0.6 is 0 Å². The van der Waals surface area contributed by atoms with Gasteiger partial charge in [0.1, 0.15) is 0 Å². The van der Waals surface area contributed by atoms with Crippen LogP contribution in [0, 0.1) is 0 Å². The lowest BCUT2D eigenvalue weighted by Gasteiger charge is -2.35. The van der Waals surface area contributed by atoms with Gasteiger partial charge < -0.3 is 10.2 Å². The van der Waals surface area contributed by atoms with E-state index in [0.717, 1.165) is 13.1 Å². The molecule has 2 saturated heterocycles. The van der Waals surface area contributed by atoms with Crippen molar-refractivity contribution in [2.45, 2.75) is 77.5 Å². The van der Waals surface area contributed by atoms with E-state index in [4.69, 9.17) is 0 Å². The smallest absolute Gasteiger partial charge is 0.237 e. The van der Waals surface area contributed by atoms with Crippen LogP contribution in [0.15, 0.2) is 0 Å². The molecule has 0 bridgehead atoms. The van der Waals surface area contributed by atoms with Gasteiger partial charge in [-0.3, -0.25) is 9.69 Å². The molecule has 0 radical (unpaired) electrons. The zero-order chi connectivity index (χ0) is 14.7. The fourth-order valence-electron chi connectivity index (χ4n) is 3.97. The summed E-state index contributed by atoms with van der Waals surface area (Å²) in [5, 5.41) is 3.61. The SMILES string of the molecule is CC(C)N(C(=O)CN1CCCC1C1CCCN1)C(C)C. The molecule has 0 aromatic rings. The normalized spacial score (nSPS) is 27.7. The van der Waals surface area contributed by atoms with Crippen LogP contribution in [0.2, 0.25) is 0 Å². The lowest BCUT2D eigenvalue weighted by molar-refractivity contribution is -0.136.